The number of ether oxygens (including phenoxy) is 3. The SMILES string of the molecule is COC(=O)C(NC(=O)c1ccccc1)(OC)OC. The first-order valence-corrected chi connectivity index (χ1v) is 5.16. The number of hydrogen-bond donors (Lipinski definition) is 1. The molecule has 0 saturated carbocycles. The number of esters is 1. The summed E-state index contributed by atoms with van der Waals surface area (Å²) < 4.78 is 14.3. The highest BCUT2D eigenvalue weighted by Gasteiger charge is 2.42. The molecule has 0 aromatic heterocycles. The van der Waals surface area contributed by atoms with Crippen molar-refractivity contribution in [3.63, 3.8) is 0 Å². The predicted octanol–water partition coefficient (Wildman–Crippen LogP) is 0.536. The zero-order valence-corrected chi connectivity index (χ0v) is 10.4. The molecule has 0 atom stereocenters. The first kappa shape index (κ1) is 14.1. The van der Waals surface area contributed by atoms with Crippen molar-refractivity contribution < 1.29 is 23.8 Å². The van der Waals surface area contributed by atoms with Gasteiger partial charge in [0.05, 0.1) is 7.11 Å². The Morgan fingerprint density at radius 3 is 2.06 bits per heavy atom. The summed E-state index contributed by atoms with van der Waals surface area (Å²) in [7, 11) is 3.63. The van der Waals surface area contributed by atoms with E-state index in [2.05, 4.69) is 10.1 Å². The van der Waals surface area contributed by atoms with Crippen molar-refractivity contribution in [1.82, 2.24) is 5.32 Å². The van der Waals surface area contributed by atoms with Gasteiger partial charge in [-0.25, -0.2) is 4.79 Å². The molecule has 1 amide bonds. The fourth-order valence-electron chi connectivity index (χ4n) is 1.35. The van der Waals surface area contributed by atoms with Gasteiger partial charge in [-0.05, 0) is 12.1 Å². The van der Waals surface area contributed by atoms with Crippen LogP contribution >= 0.6 is 0 Å². The minimum absolute atomic E-state index is 0.375. The number of amides is 1. The van der Waals surface area contributed by atoms with Gasteiger partial charge < -0.3 is 14.2 Å². The minimum Gasteiger partial charge on any atom is -0.463 e. The van der Waals surface area contributed by atoms with E-state index in [1.165, 1.54) is 21.3 Å². The maximum atomic E-state index is 11.9. The minimum atomic E-state index is -1.94. The Morgan fingerprint density at radius 1 is 1.06 bits per heavy atom. The molecule has 0 unspecified atom stereocenters. The number of rotatable bonds is 5. The number of nitrogens with one attached hydrogen (secondary N) is 1. The summed E-state index contributed by atoms with van der Waals surface area (Å²) in [5.74, 6) is -3.30. The number of benzene rings is 1. The molecule has 0 aliphatic rings. The summed E-state index contributed by atoms with van der Waals surface area (Å²) in [6.07, 6.45) is 0. The molecule has 1 N–H and O–H groups in total. The Balaban J connectivity index is 2.92. The second-order valence-electron chi connectivity index (χ2n) is 3.34. The molecule has 0 spiro atoms. The van der Waals surface area contributed by atoms with Crippen molar-refractivity contribution in [2.45, 2.75) is 5.91 Å². The van der Waals surface area contributed by atoms with Gasteiger partial charge in [-0.2, -0.15) is 0 Å². The summed E-state index contributed by atoms with van der Waals surface area (Å²) in [6, 6.07) is 8.38. The van der Waals surface area contributed by atoms with Crippen LogP contribution in [0, 0.1) is 0 Å². The van der Waals surface area contributed by atoms with Gasteiger partial charge >= 0.3 is 11.9 Å². The van der Waals surface area contributed by atoms with Crippen molar-refractivity contribution in [3.05, 3.63) is 35.9 Å². The van der Waals surface area contributed by atoms with Crippen molar-refractivity contribution in [2.24, 2.45) is 0 Å². The van der Waals surface area contributed by atoms with E-state index in [1.54, 1.807) is 30.3 Å². The normalized spacial score (nSPS) is 10.8. The van der Waals surface area contributed by atoms with Crippen LogP contribution in [0.3, 0.4) is 0 Å². The fourth-order valence-corrected chi connectivity index (χ4v) is 1.35. The lowest BCUT2D eigenvalue weighted by molar-refractivity contribution is -0.235. The van der Waals surface area contributed by atoms with Gasteiger partial charge in [0.2, 0.25) is 0 Å². The molecule has 0 saturated heterocycles. The zero-order valence-electron chi connectivity index (χ0n) is 10.4. The van der Waals surface area contributed by atoms with Crippen molar-refractivity contribution in [2.75, 3.05) is 21.3 Å². The summed E-state index contributed by atoms with van der Waals surface area (Å²) in [5, 5.41) is 2.34. The van der Waals surface area contributed by atoms with Crippen molar-refractivity contribution >= 4 is 11.9 Å². The van der Waals surface area contributed by atoms with E-state index < -0.39 is 17.8 Å². The quantitative estimate of drug-likeness (QED) is 0.612. The standard InChI is InChI=1S/C12H15NO5/c1-16-11(15)12(17-2,18-3)13-10(14)9-7-5-4-6-8-9/h4-8H,1-3H3,(H,13,14). The van der Waals surface area contributed by atoms with E-state index in [0.717, 1.165) is 0 Å². The summed E-state index contributed by atoms with van der Waals surface area (Å²) >= 11 is 0. The smallest absolute Gasteiger partial charge is 0.390 e. The van der Waals surface area contributed by atoms with Crippen molar-refractivity contribution in [1.29, 1.82) is 0 Å². The lowest BCUT2D eigenvalue weighted by Gasteiger charge is -2.28. The summed E-state index contributed by atoms with van der Waals surface area (Å²) in [5.41, 5.74) is 0.375. The molecule has 6 nitrogen and oxygen atoms in total. The molecule has 0 aliphatic carbocycles. The van der Waals surface area contributed by atoms with Crippen LogP contribution in [0.25, 0.3) is 0 Å². The molecule has 1 rings (SSSR count). The topological polar surface area (TPSA) is 73.9 Å². The third kappa shape index (κ3) is 2.85. The Kier molecular flexibility index (Phi) is 4.82. The second kappa shape index (κ2) is 6.13. The molecule has 0 fully saturated rings. The van der Waals surface area contributed by atoms with Gasteiger partial charge in [-0.15, -0.1) is 0 Å². The maximum Gasteiger partial charge on any atom is 0.390 e. The highest BCUT2D eigenvalue weighted by Crippen LogP contribution is 2.11. The van der Waals surface area contributed by atoms with Gasteiger partial charge in [-0.1, -0.05) is 18.2 Å². The van der Waals surface area contributed by atoms with E-state index in [0.29, 0.717) is 5.56 Å². The third-order valence-electron chi connectivity index (χ3n) is 2.34. The van der Waals surface area contributed by atoms with Crippen LogP contribution in [0.1, 0.15) is 10.4 Å². The fraction of sp³-hybridized carbons (Fsp3) is 0.333. The highest BCUT2D eigenvalue weighted by molar-refractivity contribution is 5.97. The summed E-state index contributed by atoms with van der Waals surface area (Å²) in [6.45, 7) is 0. The average molecular weight is 253 g/mol. The Morgan fingerprint density at radius 2 is 1.61 bits per heavy atom. The molecule has 1 aromatic carbocycles. The average Bonchev–Trinajstić information content (AvgIpc) is 2.44. The predicted molar refractivity (Wildman–Crippen MR) is 62.7 cm³/mol. The van der Waals surface area contributed by atoms with Crippen LogP contribution in [0.4, 0.5) is 0 Å². The molecular weight excluding hydrogens is 238 g/mol. The van der Waals surface area contributed by atoms with Crippen LogP contribution in [0.5, 0.6) is 0 Å². The second-order valence-corrected chi connectivity index (χ2v) is 3.34. The molecule has 0 heterocycles. The number of hydrogen-bond acceptors (Lipinski definition) is 5. The van der Waals surface area contributed by atoms with Gasteiger partial charge in [-0.3, -0.25) is 10.1 Å². The number of carbonyl (C=O) groups is 2. The van der Waals surface area contributed by atoms with Gasteiger partial charge in [0.15, 0.2) is 0 Å². The van der Waals surface area contributed by atoms with Crippen LogP contribution < -0.4 is 5.32 Å². The zero-order chi connectivity index (χ0) is 13.6. The largest absolute Gasteiger partial charge is 0.463 e. The van der Waals surface area contributed by atoms with Gasteiger partial charge in [0.25, 0.3) is 5.91 Å². The number of carbonyl (C=O) groups excluding carboxylic acids is 2. The van der Waals surface area contributed by atoms with Crippen LogP contribution in [-0.2, 0) is 19.0 Å². The Hall–Kier alpha value is -1.92. The summed E-state index contributed by atoms with van der Waals surface area (Å²) in [4.78, 5) is 23.5. The first-order valence-electron chi connectivity index (χ1n) is 5.16. The monoisotopic (exact) mass is 253 g/mol. The van der Waals surface area contributed by atoms with E-state index in [1.807, 2.05) is 0 Å². The highest BCUT2D eigenvalue weighted by atomic mass is 16.7. The van der Waals surface area contributed by atoms with Crippen LogP contribution in [-0.4, -0.2) is 39.1 Å². The lowest BCUT2D eigenvalue weighted by atomic mass is 10.2. The van der Waals surface area contributed by atoms with E-state index >= 15 is 0 Å². The maximum absolute atomic E-state index is 11.9. The van der Waals surface area contributed by atoms with Crippen LogP contribution in [0.15, 0.2) is 30.3 Å². The third-order valence-corrected chi connectivity index (χ3v) is 2.34. The molecule has 0 radical (unpaired) electrons. The Labute approximate surface area is 105 Å². The molecule has 0 aliphatic heterocycles. The van der Waals surface area contributed by atoms with Gasteiger partial charge in [0, 0.05) is 19.8 Å². The van der Waals surface area contributed by atoms with Crippen molar-refractivity contribution in [3.8, 4) is 0 Å². The first-order chi connectivity index (χ1) is 8.59. The molecule has 1 aromatic rings. The molecular formula is C12H15NO5. The lowest BCUT2D eigenvalue weighted by Crippen LogP contribution is -2.58. The van der Waals surface area contributed by atoms with Gasteiger partial charge in [0.1, 0.15) is 0 Å². The molecule has 98 valence electrons. The van der Waals surface area contributed by atoms with E-state index in [4.69, 9.17) is 9.47 Å². The Bertz CT molecular complexity index is 414. The number of methoxy groups -OCH3 is 3. The van der Waals surface area contributed by atoms with Crippen LogP contribution in [0.2, 0.25) is 0 Å². The van der Waals surface area contributed by atoms with E-state index in [-0.39, 0.29) is 0 Å². The molecule has 0 bridgehead atoms. The molecule has 18 heavy (non-hydrogen) atoms. The van der Waals surface area contributed by atoms with E-state index in [9.17, 15) is 9.59 Å². The molecule has 6 heteroatoms.